The third kappa shape index (κ3) is 3.43. The summed E-state index contributed by atoms with van der Waals surface area (Å²) in [7, 11) is 0. The predicted octanol–water partition coefficient (Wildman–Crippen LogP) is 2.93. The summed E-state index contributed by atoms with van der Waals surface area (Å²) < 4.78 is 2.95. The van der Waals surface area contributed by atoms with Gasteiger partial charge in [-0.3, -0.25) is 4.98 Å². The first-order chi connectivity index (χ1) is 9.77. The Hall–Kier alpha value is -1.27. The molecule has 0 aromatic carbocycles. The van der Waals surface area contributed by atoms with E-state index in [9.17, 15) is 0 Å². The lowest BCUT2D eigenvalue weighted by molar-refractivity contribution is 0.498. The lowest BCUT2D eigenvalue weighted by atomic mass is 10.1. The van der Waals surface area contributed by atoms with Crippen LogP contribution in [0.2, 0.25) is 0 Å². The number of hydrogen-bond acceptors (Lipinski definition) is 4. The van der Waals surface area contributed by atoms with E-state index in [0.717, 1.165) is 41.8 Å². The third-order valence-electron chi connectivity index (χ3n) is 3.04. The Morgan fingerprint density at radius 2 is 2.20 bits per heavy atom. The van der Waals surface area contributed by atoms with Crippen molar-refractivity contribution < 1.29 is 0 Å². The van der Waals surface area contributed by atoms with Crippen molar-refractivity contribution in [2.75, 3.05) is 6.54 Å². The van der Waals surface area contributed by atoms with Gasteiger partial charge in [0.25, 0.3) is 0 Å². The number of aromatic nitrogens is 4. The second-order valence-corrected chi connectivity index (χ2v) is 5.49. The fourth-order valence-electron chi connectivity index (χ4n) is 2.12. The molecular formula is C14H20BrN5. The molecule has 108 valence electrons. The van der Waals surface area contributed by atoms with Crippen molar-refractivity contribution in [1.82, 2.24) is 25.3 Å². The van der Waals surface area contributed by atoms with Gasteiger partial charge in [-0.2, -0.15) is 0 Å². The van der Waals surface area contributed by atoms with Crippen molar-refractivity contribution >= 4 is 15.9 Å². The Morgan fingerprint density at radius 3 is 2.90 bits per heavy atom. The second kappa shape index (κ2) is 7.50. The number of aryl methyl sites for hydroxylation is 1. The maximum absolute atomic E-state index is 4.51. The van der Waals surface area contributed by atoms with Crippen LogP contribution in [0.5, 0.6) is 0 Å². The van der Waals surface area contributed by atoms with Crippen LogP contribution >= 0.6 is 15.9 Å². The number of nitrogens with zero attached hydrogens (tertiary/aromatic N) is 4. The zero-order valence-electron chi connectivity index (χ0n) is 11.9. The van der Waals surface area contributed by atoms with Gasteiger partial charge < -0.3 is 5.32 Å². The van der Waals surface area contributed by atoms with Gasteiger partial charge in [0, 0.05) is 17.2 Å². The van der Waals surface area contributed by atoms with Gasteiger partial charge >= 0.3 is 0 Å². The summed E-state index contributed by atoms with van der Waals surface area (Å²) in [5.41, 5.74) is 2.03. The van der Waals surface area contributed by atoms with E-state index in [1.54, 1.807) is 0 Å². The van der Waals surface area contributed by atoms with Gasteiger partial charge in [-0.05, 0) is 47.4 Å². The molecule has 0 spiro atoms. The maximum atomic E-state index is 4.51. The molecule has 0 amide bonds. The summed E-state index contributed by atoms with van der Waals surface area (Å²) in [4.78, 5) is 4.51. The first-order valence-corrected chi connectivity index (χ1v) is 7.79. The highest BCUT2D eigenvalue weighted by Gasteiger charge is 2.21. The van der Waals surface area contributed by atoms with Crippen molar-refractivity contribution in [2.24, 2.45) is 0 Å². The average molecular weight is 338 g/mol. The molecule has 0 aliphatic rings. The molecule has 5 nitrogen and oxygen atoms in total. The van der Waals surface area contributed by atoms with Crippen LogP contribution in [0.1, 0.15) is 44.1 Å². The number of pyridine rings is 1. The average Bonchev–Trinajstić information content (AvgIpc) is 2.90. The predicted molar refractivity (Wildman–Crippen MR) is 82.4 cm³/mol. The Kier molecular flexibility index (Phi) is 5.67. The summed E-state index contributed by atoms with van der Waals surface area (Å²) in [6.45, 7) is 6.07. The smallest absolute Gasteiger partial charge is 0.0949 e. The molecule has 20 heavy (non-hydrogen) atoms. The van der Waals surface area contributed by atoms with Crippen molar-refractivity contribution in [3.63, 3.8) is 0 Å². The molecule has 2 rings (SSSR count). The molecule has 0 radical (unpaired) electrons. The van der Waals surface area contributed by atoms with Gasteiger partial charge in [0.05, 0.1) is 23.6 Å². The van der Waals surface area contributed by atoms with E-state index >= 15 is 0 Å². The molecule has 6 heteroatoms. The normalized spacial score (nSPS) is 12.6. The first-order valence-electron chi connectivity index (χ1n) is 7.00. The number of hydrogen-bond donors (Lipinski definition) is 1. The highest BCUT2D eigenvalue weighted by Crippen LogP contribution is 2.26. The van der Waals surface area contributed by atoms with Gasteiger partial charge in [0.2, 0.25) is 0 Å². The zero-order valence-corrected chi connectivity index (χ0v) is 13.5. The Morgan fingerprint density at radius 1 is 1.35 bits per heavy atom. The number of nitrogens with one attached hydrogen (secondary N) is 1. The molecule has 2 aromatic rings. The fourth-order valence-corrected chi connectivity index (χ4v) is 2.60. The van der Waals surface area contributed by atoms with Crippen molar-refractivity contribution in [3.05, 3.63) is 40.4 Å². The summed E-state index contributed by atoms with van der Waals surface area (Å²) >= 11 is 3.59. The molecule has 0 saturated heterocycles. The second-order valence-electron chi connectivity index (χ2n) is 4.64. The van der Waals surface area contributed by atoms with Crippen LogP contribution in [-0.2, 0) is 6.54 Å². The van der Waals surface area contributed by atoms with Crippen LogP contribution in [0.15, 0.2) is 29.0 Å². The minimum Gasteiger partial charge on any atom is -0.304 e. The largest absolute Gasteiger partial charge is 0.304 e. The summed E-state index contributed by atoms with van der Waals surface area (Å²) in [5, 5.41) is 11.8. The van der Waals surface area contributed by atoms with Crippen LogP contribution in [0, 0.1) is 0 Å². The van der Waals surface area contributed by atoms with Gasteiger partial charge in [0.15, 0.2) is 0 Å². The van der Waals surface area contributed by atoms with Crippen LogP contribution in [0.3, 0.4) is 0 Å². The molecule has 2 aromatic heterocycles. The SMILES string of the molecule is CCCNC(c1ncccc1Br)c1cnnn1CCC. The molecule has 0 aliphatic heterocycles. The minimum atomic E-state index is 0.00655. The van der Waals surface area contributed by atoms with Crippen molar-refractivity contribution in [3.8, 4) is 0 Å². The van der Waals surface area contributed by atoms with E-state index in [-0.39, 0.29) is 6.04 Å². The van der Waals surface area contributed by atoms with Gasteiger partial charge in [-0.1, -0.05) is 19.1 Å². The Labute approximate surface area is 127 Å². The molecule has 2 heterocycles. The van der Waals surface area contributed by atoms with E-state index < -0.39 is 0 Å². The van der Waals surface area contributed by atoms with Gasteiger partial charge in [0.1, 0.15) is 0 Å². The minimum absolute atomic E-state index is 0.00655. The molecule has 1 N–H and O–H groups in total. The fraction of sp³-hybridized carbons (Fsp3) is 0.500. The number of halogens is 1. The van der Waals surface area contributed by atoms with Gasteiger partial charge in [-0.25, -0.2) is 4.68 Å². The highest BCUT2D eigenvalue weighted by atomic mass is 79.9. The van der Waals surface area contributed by atoms with E-state index in [2.05, 4.69) is 50.4 Å². The van der Waals surface area contributed by atoms with Crippen molar-refractivity contribution in [1.29, 1.82) is 0 Å². The van der Waals surface area contributed by atoms with Gasteiger partial charge in [-0.15, -0.1) is 5.10 Å². The zero-order chi connectivity index (χ0) is 14.4. The molecular weight excluding hydrogens is 318 g/mol. The maximum Gasteiger partial charge on any atom is 0.0949 e. The van der Waals surface area contributed by atoms with E-state index in [1.807, 2.05) is 29.2 Å². The van der Waals surface area contributed by atoms with E-state index in [0.29, 0.717) is 0 Å². The van der Waals surface area contributed by atoms with E-state index in [1.165, 1.54) is 0 Å². The van der Waals surface area contributed by atoms with Crippen molar-refractivity contribution in [2.45, 2.75) is 39.3 Å². The lowest BCUT2D eigenvalue weighted by Crippen LogP contribution is -2.27. The molecule has 0 fully saturated rings. The topological polar surface area (TPSA) is 55.6 Å². The molecule has 1 atom stereocenters. The molecule has 0 aliphatic carbocycles. The van der Waals surface area contributed by atoms with Crippen LogP contribution in [0.25, 0.3) is 0 Å². The van der Waals surface area contributed by atoms with Crippen LogP contribution < -0.4 is 5.32 Å². The lowest BCUT2D eigenvalue weighted by Gasteiger charge is -2.19. The summed E-state index contributed by atoms with van der Waals surface area (Å²) in [5.74, 6) is 0. The highest BCUT2D eigenvalue weighted by molar-refractivity contribution is 9.10. The van der Waals surface area contributed by atoms with E-state index in [4.69, 9.17) is 0 Å². The third-order valence-corrected chi connectivity index (χ3v) is 3.71. The Bertz CT molecular complexity index is 540. The standard InChI is InChI=1S/C14H20BrN5/c1-3-7-16-14(13-11(15)6-5-8-17-13)12-10-18-19-20(12)9-4-2/h5-6,8,10,14,16H,3-4,7,9H2,1-2H3. The van der Waals surface area contributed by atoms with Crippen LogP contribution in [0.4, 0.5) is 0 Å². The monoisotopic (exact) mass is 337 g/mol. The quantitative estimate of drug-likeness (QED) is 0.843. The van der Waals surface area contributed by atoms with Crippen LogP contribution in [-0.4, -0.2) is 26.5 Å². The molecule has 0 saturated carbocycles. The number of rotatable bonds is 7. The Balaban J connectivity index is 2.37. The first kappa shape index (κ1) is 15.1. The molecule has 1 unspecified atom stereocenters. The summed E-state index contributed by atoms with van der Waals surface area (Å²) in [6.07, 6.45) is 5.73. The summed E-state index contributed by atoms with van der Waals surface area (Å²) in [6, 6.07) is 3.94. The molecule has 0 bridgehead atoms.